The van der Waals surface area contributed by atoms with Crippen molar-refractivity contribution in [2.45, 2.75) is 32.7 Å². The van der Waals surface area contributed by atoms with Gasteiger partial charge in [0.1, 0.15) is 0 Å². The average molecular weight is 311 g/mol. The van der Waals surface area contributed by atoms with Crippen LogP contribution in [0, 0.1) is 6.92 Å². The Morgan fingerprint density at radius 2 is 1.91 bits per heavy atom. The Kier molecular flexibility index (Phi) is 4.55. The molecular weight excluding hydrogens is 290 g/mol. The van der Waals surface area contributed by atoms with Crippen molar-refractivity contribution < 1.29 is 4.79 Å². The Morgan fingerprint density at radius 3 is 2.70 bits per heavy atom. The lowest BCUT2D eigenvalue weighted by atomic mass is 10.1. The molecule has 1 aromatic heterocycles. The highest BCUT2D eigenvalue weighted by atomic mass is 16.2. The first-order valence-corrected chi connectivity index (χ1v) is 8.06. The van der Waals surface area contributed by atoms with E-state index in [1.807, 2.05) is 36.1 Å². The number of rotatable bonds is 3. The maximum atomic E-state index is 12.6. The first-order valence-electron chi connectivity index (χ1n) is 8.06. The molecule has 5 heteroatoms. The Balaban J connectivity index is 1.80. The van der Waals surface area contributed by atoms with Gasteiger partial charge >= 0.3 is 0 Å². The molecule has 0 radical (unpaired) electrons. The molecule has 2 heterocycles. The third kappa shape index (κ3) is 3.67. The first kappa shape index (κ1) is 15.5. The SMILES string of the molecule is Cc1ccc(=O)n(Cc2cccc(C(=O)N3CCCCC3)c2)n1. The lowest BCUT2D eigenvalue weighted by Crippen LogP contribution is -2.35. The van der Waals surface area contributed by atoms with Gasteiger partial charge in [-0.2, -0.15) is 5.10 Å². The molecule has 23 heavy (non-hydrogen) atoms. The van der Waals surface area contributed by atoms with Gasteiger partial charge in [0.15, 0.2) is 0 Å². The van der Waals surface area contributed by atoms with Crippen molar-refractivity contribution >= 4 is 5.91 Å². The normalized spacial score (nSPS) is 14.7. The predicted octanol–water partition coefficient (Wildman–Crippen LogP) is 2.23. The summed E-state index contributed by atoms with van der Waals surface area (Å²) in [6, 6.07) is 10.7. The molecule has 5 nitrogen and oxygen atoms in total. The molecule has 0 atom stereocenters. The Bertz CT molecular complexity index is 761. The summed E-state index contributed by atoms with van der Waals surface area (Å²) < 4.78 is 1.43. The number of likely N-dealkylation sites (tertiary alicyclic amines) is 1. The van der Waals surface area contributed by atoms with E-state index in [-0.39, 0.29) is 11.5 Å². The second-order valence-electron chi connectivity index (χ2n) is 6.02. The van der Waals surface area contributed by atoms with E-state index in [1.54, 1.807) is 6.07 Å². The maximum Gasteiger partial charge on any atom is 0.267 e. The van der Waals surface area contributed by atoms with E-state index in [4.69, 9.17) is 0 Å². The van der Waals surface area contributed by atoms with Crippen LogP contribution in [0.25, 0.3) is 0 Å². The van der Waals surface area contributed by atoms with Gasteiger partial charge in [-0.15, -0.1) is 0 Å². The minimum absolute atomic E-state index is 0.0797. The van der Waals surface area contributed by atoms with E-state index in [9.17, 15) is 9.59 Å². The van der Waals surface area contributed by atoms with Crippen LogP contribution >= 0.6 is 0 Å². The topological polar surface area (TPSA) is 55.2 Å². The monoisotopic (exact) mass is 311 g/mol. The number of hydrogen-bond donors (Lipinski definition) is 0. The van der Waals surface area contributed by atoms with Gasteiger partial charge in [-0.3, -0.25) is 9.59 Å². The fraction of sp³-hybridized carbons (Fsp3) is 0.389. The number of carbonyl (C=O) groups is 1. The fourth-order valence-corrected chi connectivity index (χ4v) is 2.92. The van der Waals surface area contributed by atoms with Crippen LogP contribution in [0.4, 0.5) is 0 Å². The van der Waals surface area contributed by atoms with Crippen molar-refractivity contribution in [1.29, 1.82) is 0 Å². The molecule has 2 aromatic rings. The zero-order valence-corrected chi connectivity index (χ0v) is 13.4. The van der Waals surface area contributed by atoms with Crippen molar-refractivity contribution in [2.24, 2.45) is 0 Å². The molecule has 1 amide bonds. The first-order chi connectivity index (χ1) is 11.1. The standard InChI is InChI=1S/C18H21N3O2/c1-14-8-9-17(22)21(19-14)13-15-6-5-7-16(12-15)18(23)20-10-3-2-4-11-20/h5-9,12H,2-4,10-11,13H2,1H3. The smallest absolute Gasteiger partial charge is 0.267 e. The molecule has 0 bridgehead atoms. The van der Waals surface area contributed by atoms with Crippen LogP contribution in [0.2, 0.25) is 0 Å². The summed E-state index contributed by atoms with van der Waals surface area (Å²) in [5, 5.41) is 4.24. The summed E-state index contributed by atoms with van der Waals surface area (Å²) in [5.74, 6) is 0.0797. The predicted molar refractivity (Wildman–Crippen MR) is 88.5 cm³/mol. The summed E-state index contributed by atoms with van der Waals surface area (Å²) in [6.07, 6.45) is 3.35. The van der Waals surface area contributed by atoms with E-state index in [0.717, 1.165) is 37.2 Å². The number of benzene rings is 1. The number of nitrogens with zero attached hydrogens (tertiary/aromatic N) is 3. The maximum absolute atomic E-state index is 12.6. The van der Waals surface area contributed by atoms with Crippen LogP contribution < -0.4 is 5.56 Å². The molecule has 1 saturated heterocycles. The third-order valence-electron chi connectivity index (χ3n) is 4.15. The van der Waals surface area contributed by atoms with Crippen LogP contribution in [0.5, 0.6) is 0 Å². The molecule has 0 unspecified atom stereocenters. The summed E-state index contributed by atoms with van der Waals surface area (Å²) in [7, 11) is 0. The van der Waals surface area contributed by atoms with Crippen molar-refractivity contribution in [3.8, 4) is 0 Å². The molecule has 3 rings (SSSR count). The van der Waals surface area contributed by atoms with Gasteiger partial charge in [0.2, 0.25) is 0 Å². The second-order valence-corrected chi connectivity index (χ2v) is 6.02. The van der Waals surface area contributed by atoms with Crippen molar-refractivity contribution in [3.63, 3.8) is 0 Å². The number of aryl methyl sites for hydroxylation is 1. The second kappa shape index (κ2) is 6.77. The van der Waals surface area contributed by atoms with Crippen LogP contribution in [0.3, 0.4) is 0 Å². The number of amides is 1. The molecule has 1 aromatic carbocycles. The van der Waals surface area contributed by atoms with E-state index in [1.165, 1.54) is 17.2 Å². The largest absolute Gasteiger partial charge is 0.339 e. The number of aromatic nitrogens is 2. The van der Waals surface area contributed by atoms with Crippen molar-refractivity contribution in [2.75, 3.05) is 13.1 Å². The number of piperidine rings is 1. The van der Waals surface area contributed by atoms with Crippen LogP contribution in [-0.4, -0.2) is 33.7 Å². The van der Waals surface area contributed by atoms with Crippen molar-refractivity contribution in [1.82, 2.24) is 14.7 Å². The minimum atomic E-state index is -0.136. The molecule has 0 aliphatic carbocycles. The van der Waals surface area contributed by atoms with Gasteiger partial charge in [-0.25, -0.2) is 4.68 Å². The Hall–Kier alpha value is -2.43. The van der Waals surface area contributed by atoms with Crippen LogP contribution in [0.1, 0.15) is 40.9 Å². The molecule has 1 aliphatic rings. The highest BCUT2D eigenvalue weighted by molar-refractivity contribution is 5.94. The van der Waals surface area contributed by atoms with Gasteiger partial charge in [0, 0.05) is 24.7 Å². The number of carbonyl (C=O) groups excluding carboxylic acids is 1. The molecule has 0 N–H and O–H groups in total. The van der Waals surface area contributed by atoms with E-state index in [2.05, 4.69) is 5.10 Å². The molecular formula is C18H21N3O2. The van der Waals surface area contributed by atoms with E-state index < -0.39 is 0 Å². The van der Waals surface area contributed by atoms with E-state index >= 15 is 0 Å². The quantitative estimate of drug-likeness (QED) is 0.873. The van der Waals surface area contributed by atoms with Gasteiger partial charge in [-0.05, 0) is 49.9 Å². The third-order valence-corrected chi connectivity index (χ3v) is 4.15. The lowest BCUT2D eigenvalue weighted by molar-refractivity contribution is 0.0724. The molecule has 1 aliphatic heterocycles. The molecule has 1 fully saturated rings. The van der Waals surface area contributed by atoms with Crippen LogP contribution in [-0.2, 0) is 6.54 Å². The Labute approximate surface area is 135 Å². The molecule has 0 spiro atoms. The number of hydrogen-bond acceptors (Lipinski definition) is 3. The molecule has 120 valence electrons. The van der Waals surface area contributed by atoms with Gasteiger partial charge in [0.25, 0.3) is 11.5 Å². The van der Waals surface area contributed by atoms with Gasteiger partial charge in [-0.1, -0.05) is 12.1 Å². The minimum Gasteiger partial charge on any atom is -0.339 e. The van der Waals surface area contributed by atoms with Gasteiger partial charge < -0.3 is 4.90 Å². The highest BCUT2D eigenvalue weighted by Crippen LogP contribution is 2.14. The lowest BCUT2D eigenvalue weighted by Gasteiger charge is -2.26. The summed E-state index contributed by atoms with van der Waals surface area (Å²) >= 11 is 0. The highest BCUT2D eigenvalue weighted by Gasteiger charge is 2.18. The summed E-state index contributed by atoms with van der Waals surface area (Å²) in [4.78, 5) is 26.4. The average Bonchev–Trinajstić information content (AvgIpc) is 2.58. The molecule has 0 saturated carbocycles. The Morgan fingerprint density at radius 1 is 1.13 bits per heavy atom. The van der Waals surface area contributed by atoms with Crippen molar-refractivity contribution in [3.05, 3.63) is 63.6 Å². The summed E-state index contributed by atoms with van der Waals surface area (Å²) in [5.41, 5.74) is 2.26. The van der Waals surface area contributed by atoms with Gasteiger partial charge in [0.05, 0.1) is 12.2 Å². The van der Waals surface area contributed by atoms with E-state index in [0.29, 0.717) is 12.1 Å². The van der Waals surface area contributed by atoms with Crippen LogP contribution in [0.15, 0.2) is 41.2 Å². The zero-order valence-electron chi connectivity index (χ0n) is 13.4. The summed E-state index contributed by atoms with van der Waals surface area (Å²) in [6.45, 7) is 3.90. The zero-order chi connectivity index (χ0) is 16.2. The fourth-order valence-electron chi connectivity index (χ4n) is 2.92.